The van der Waals surface area contributed by atoms with Crippen molar-refractivity contribution in [3.05, 3.63) is 75.4 Å². The van der Waals surface area contributed by atoms with E-state index in [2.05, 4.69) is 10.5 Å². The topological polar surface area (TPSA) is 187 Å². The SMILES string of the molecule is CCn1cc(C(=O)O)c(=O)c2cc(F)c(N3CCN(C(=S)SCC4=C(C(=O)O)N5C(=O)C(NC(=O)C(=NOC)c6ccco6)C5SC4)CC3)cc21. The van der Waals surface area contributed by atoms with E-state index in [1.54, 1.807) is 23.6 Å². The highest BCUT2D eigenvalue weighted by atomic mass is 32.2. The van der Waals surface area contributed by atoms with Gasteiger partial charge >= 0.3 is 11.9 Å². The molecule has 2 unspecified atom stereocenters. The van der Waals surface area contributed by atoms with E-state index in [9.17, 15) is 34.2 Å². The number of carbonyl (C=O) groups is 4. The van der Waals surface area contributed by atoms with Gasteiger partial charge in [-0.15, -0.1) is 11.8 Å². The normalized spacial score (nSPS) is 19.2. The van der Waals surface area contributed by atoms with Gasteiger partial charge in [-0.2, -0.15) is 0 Å². The number of fused-ring (bicyclic) bond motifs is 2. The van der Waals surface area contributed by atoms with Crippen molar-refractivity contribution < 1.29 is 43.0 Å². The molecule has 0 spiro atoms. The third-order valence-electron chi connectivity index (χ3n) is 8.66. The maximum absolute atomic E-state index is 15.3. The predicted molar refractivity (Wildman–Crippen MR) is 192 cm³/mol. The summed E-state index contributed by atoms with van der Waals surface area (Å²) in [5.74, 6) is -3.92. The lowest BCUT2D eigenvalue weighted by Crippen LogP contribution is -2.71. The number of hydrogen-bond donors (Lipinski definition) is 3. The van der Waals surface area contributed by atoms with Crippen LogP contribution in [0.4, 0.5) is 10.1 Å². The molecule has 2 amide bonds. The number of thiocarbonyl (C=S) groups is 1. The van der Waals surface area contributed by atoms with Gasteiger partial charge in [0, 0.05) is 55.8 Å². The van der Waals surface area contributed by atoms with Crippen LogP contribution in [-0.4, -0.2) is 115 Å². The first-order valence-electron chi connectivity index (χ1n) is 15.6. The average Bonchev–Trinajstić information content (AvgIpc) is 3.66. The van der Waals surface area contributed by atoms with Crippen LogP contribution in [0.15, 0.2) is 62.4 Å². The molecular formula is C32H31FN6O9S3. The van der Waals surface area contributed by atoms with Crippen molar-refractivity contribution >= 4 is 86.1 Å². The minimum Gasteiger partial charge on any atom is -0.477 e. The molecule has 1 aromatic carbocycles. The summed E-state index contributed by atoms with van der Waals surface area (Å²) in [6, 6.07) is 4.75. The number of anilines is 1. The summed E-state index contributed by atoms with van der Waals surface area (Å²) in [6.45, 7) is 3.87. The van der Waals surface area contributed by atoms with E-state index in [1.807, 2.05) is 9.80 Å². The average molecular weight is 759 g/mol. The van der Waals surface area contributed by atoms with Crippen LogP contribution in [0.25, 0.3) is 10.9 Å². The van der Waals surface area contributed by atoms with Crippen LogP contribution in [-0.2, 0) is 25.8 Å². The van der Waals surface area contributed by atoms with Crippen molar-refractivity contribution in [2.45, 2.75) is 24.9 Å². The largest absolute Gasteiger partial charge is 0.477 e. The smallest absolute Gasteiger partial charge is 0.352 e. The molecule has 2 atom stereocenters. The Morgan fingerprint density at radius 1 is 1.18 bits per heavy atom. The van der Waals surface area contributed by atoms with Crippen LogP contribution in [0.3, 0.4) is 0 Å². The number of thioether (sulfide) groups is 2. The number of piperazine rings is 1. The molecular weight excluding hydrogens is 728 g/mol. The third kappa shape index (κ3) is 6.79. The number of furan rings is 1. The minimum atomic E-state index is -1.38. The van der Waals surface area contributed by atoms with Crippen molar-refractivity contribution in [3.8, 4) is 0 Å². The summed E-state index contributed by atoms with van der Waals surface area (Å²) in [4.78, 5) is 72.5. The molecule has 3 N–H and O–H groups in total. The molecule has 0 aliphatic carbocycles. The molecule has 3 aliphatic rings. The number of oxime groups is 1. The number of halogens is 1. The number of carboxylic acid groups (broad SMARTS) is 2. The number of benzene rings is 1. The second kappa shape index (κ2) is 14.8. The molecule has 0 radical (unpaired) electrons. The molecule has 3 aliphatic heterocycles. The van der Waals surface area contributed by atoms with Crippen LogP contribution in [0, 0.1) is 5.82 Å². The molecule has 15 nitrogen and oxygen atoms in total. The molecule has 2 fully saturated rings. The zero-order valence-electron chi connectivity index (χ0n) is 27.2. The first-order chi connectivity index (χ1) is 24.4. The van der Waals surface area contributed by atoms with Gasteiger partial charge in [0.25, 0.3) is 11.8 Å². The van der Waals surface area contributed by atoms with Crippen molar-refractivity contribution in [3.63, 3.8) is 0 Å². The quantitative estimate of drug-likeness (QED) is 0.118. The minimum absolute atomic E-state index is 0.00706. The Morgan fingerprint density at radius 3 is 2.55 bits per heavy atom. The van der Waals surface area contributed by atoms with Gasteiger partial charge in [-0.25, -0.2) is 14.0 Å². The molecule has 2 saturated heterocycles. The Hall–Kier alpha value is -4.88. The van der Waals surface area contributed by atoms with E-state index in [0.29, 0.717) is 53.9 Å². The number of nitrogens with one attached hydrogen (secondary N) is 1. The van der Waals surface area contributed by atoms with E-state index in [1.165, 1.54) is 54.1 Å². The molecule has 6 rings (SSSR count). The Morgan fingerprint density at radius 2 is 1.92 bits per heavy atom. The Bertz CT molecular complexity index is 2060. The number of carboxylic acids is 2. The first kappa shape index (κ1) is 35.9. The number of aromatic carboxylic acids is 1. The summed E-state index contributed by atoms with van der Waals surface area (Å²) in [5, 5.41) is 25.2. The van der Waals surface area contributed by atoms with Gasteiger partial charge in [0.1, 0.15) is 39.9 Å². The number of aryl methyl sites for hydroxylation is 1. The fraction of sp³-hybridized carbons (Fsp3) is 0.344. The lowest BCUT2D eigenvalue weighted by Gasteiger charge is -2.49. The van der Waals surface area contributed by atoms with Gasteiger partial charge < -0.3 is 39.2 Å². The van der Waals surface area contributed by atoms with E-state index in [0.717, 1.165) is 6.07 Å². The fourth-order valence-corrected chi connectivity index (χ4v) is 8.87. The van der Waals surface area contributed by atoms with E-state index in [4.69, 9.17) is 21.5 Å². The number of carbonyl (C=O) groups excluding carboxylic acids is 2. The highest BCUT2D eigenvalue weighted by molar-refractivity contribution is 8.23. The van der Waals surface area contributed by atoms with Crippen LogP contribution < -0.4 is 15.6 Å². The Balaban J connectivity index is 1.09. The summed E-state index contributed by atoms with van der Waals surface area (Å²) in [6.07, 6.45) is 2.63. The Labute approximate surface area is 303 Å². The number of rotatable bonds is 10. The molecule has 268 valence electrons. The molecule has 3 aromatic rings. The zero-order valence-corrected chi connectivity index (χ0v) is 29.6. The predicted octanol–water partition coefficient (Wildman–Crippen LogP) is 2.38. The van der Waals surface area contributed by atoms with Crippen LogP contribution >= 0.6 is 35.7 Å². The number of aromatic nitrogens is 1. The van der Waals surface area contributed by atoms with Crippen LogP contribution in [0.2, 0.25) is 0 Å². The van der Waals surface area contributed by atoms with Gasteiger partial charge in [0.2, 0.25) is 11.1 Å². The first-order valence-corrected chi connectivity index (χ1v) is 18.0. The van der Waals surface area contributed by atoms with Gasteiger partial charge in [0.15, 0.2) is 5.76 Å². The van der Waals surface area contributed by atoms with E-state index >= 15 is 4.39 Å². The summed E-state index contributed by atoms with van der Waals surface area (Å²) < 4.78 is 22.7. The van der Waals surface area contributed by atoms with Crippen LogP contribution in [0.1, 0.15) is 23.0 Å². The molecule has 0 bridgehead atoms. The third-order valence-corrected chi connectivity index (χ3v) is 11.6. The molecule has 5 heterocycles. The maximum Gasteiger partial charge on any atom is 0.352 e. The van der Waals surface area contributed by atoms with E-state index in [-0.39, 0.29) is 34.0 Å². The number of pyridine rings is 1. The standard InChI is InChI=1S/C32H31FN6O9S3/c1-3-36-13-18(30(43)44)26(40)17-11-19(33)21(12-20(17)36)37-6-8-38(9-7-37)32(49)51-15-16-14-50-29-24(28(42)39(29)25(16)31(45)46)34-27(41)23(35-47-2)22-5-4-10-48-22/h4-5,10-13,24,29H,3,6-9,14-15H2,1-2H3,(H,34,41)(H,43,44)(H,45,46). The fourth-order valence-electron chi connectivity index (χ4n) is 6.13. The highest BCUT2D eigenvalue weighted by Crippen LogP contribution is 2.41. The monoisotopic (exact) mass is 758 g/mol. The van der Waals surface area contributed by atoms with Crippen molar-refractivity contribution in [2.75, 3.05) is 49.7 Å². The van der Waals surface area contributed by atoms with Gasteiger partial charge in [-0.3, -0.25) is 19.3 Å². The highest BCUT2D eigenvalue weighted by Gasteiger charge is 2.54. The summed E-state index contributed by atoms with van der Waals surface area (Å²) in [7, 11) is 1.26. The second-order valence-corrected chi connectivity index (χ2v) is 14.2. The van der Waals surface area contributed by atoms with Crippen molar-refractivity contribution in [1.29, 1.82) is 0 Å². The molecule has 19 heteroatoms. The molecule has 0 saturated carbocycles. The van der Waals surface area contributed by atoms with Crippen molar-refractivity contribution in [1.82, 2.24) is 19.7 Å². The maximum atomic E-state index is 15.3. The van der Waals surface area contributed by atoms with Gasteiger partial charge in [-0.1, -0.05) is 29.1 Å². The van der Waals surface area contributed by atoms with E-state index < -0.39 is 52.0 Å². The lowest BCUT2D eigenvalue weighted by molar-refractivity contribution is -0.150. The zero-order chi connectivity index (χ0) is 36.6. The number of β-lactam (4-membered cyclic amide) rings is 1. The number of aliphatic carboxylic acids is 1. The number of hydrogen-bond acceptors (Lipinski definition) is 12. The van der Waals surface area contributed by atoms with Gasteiger partial charge in [-0.05, 0) is 36.8 Å². The van der Waals surface area contributed by atoms with Gasteiger partial charge in [0.05, 0.1) is 17.5 Å². The second-order valence-electron chi connectivity index (χ2n) is 11.5. The number of amides is 2. The Kier molecular flexibility index (Phi) is 10.4. The summed E-state index contributed by atoms with van der Waals surface area (Å²) in [5.41, 5.74) is -0.253. The molecule has 51 heavy (non-hydrogen) atoms. The number of nitrogens with zero attached hydrogens (tertiary/aromatic N) is 5. The molecule has 2 aromatic heterocycles. The van der Waals surface area contributed by atoms with Crippen molar-refractivity contribution in [2.24, 2.45) is 5.16 Å². The summed E-state index contributed by atoms with van der Waals surface area (Å²) >= 11 is 8.27. The van der Waals surface area contributed by atoms with Crippen LogP contribution in [0.5, 0.6) is 0 Å². The lowest BCUT2D eigenvalue weighted by atomic mass is 10.0.